The summed E-state index contributed by atoms with van der Waals surface area (Å²) in [6.07, 6.45) is 2.47. The number of hydrogen-bond acceptors (Lipinski definition) is 12. The molecule has 3 aromatic carbocycles. The first-order valence-electron chi connectivity index (χ1n) is 29.0. The molecule has 0 spiro atoms. The van der Waals surface area contributed by atoms with Crippen molar-refractivity contribution in [2.75, 3.05) is 10.2 Å². The van der Waals surface area contributed by atoms with Crippen LogP contribution in [0.5, 0.6) is 23.0 Å². The third kappa shape index (κ3) is 11.8. The number of rotatable bonds is 12. The number of ketones is 1. The zero-order valence-corrected chi connectivity index (χ0v) is 52.8. The van der Waals surface area contributed by atoms with E-state index < -0.39 is 62.0 Å². The number of amides is 2. The number of hydrogen-bond donors (Lipinski definition) is 4. The van der Waals surface area contributed by atoms with Gasteiger partial charge in [0.25, 0.3) is 0 Å². The van der Waals surface area contributed by atoms with Crippen LogP contribution in [0.15, 0.2) is 81.7 Å². The van der Waals surface area contributed by atoms with Crippen molar-refractivity contribution in [3.63, 3.8) is 0 Å². The lowest BCUT2D eigenvalue weighted by atomic mass is 9.73. The van der Waals surface area contributed by atoms with Gasteiger partial charge in [-0.05, 0) is 123 Å². The quantitative estimate of drug-likeness (QED) is 0.0762. The largest absolute Gasteiger partial charge is 0.507 e. The van der Waals surface area contributed by atoms with E-state index in [2.05, 4.69) is 89.3 Å². The number of ether oxygens (including phenoxy) is 2. The van der Waals surface area contributed by atoms with Crippen LogP contribution in [0, 0.1) is 5.41 Å². The van der Waals surface area contributed by atoms with Crippen LogP contribution >= 0.6 is 0 Å². The minimum atomic E-state index is -0.664. The van der Waals surface area contributed by atoms with Gasteiger partial charge in [0.05, 0.1) is 35.4 Å². The summed E-state index contributed by atoms with van der Waals surface area (Å²) in [6, 6.07) is 10.5. The number of aromatic hydroxyl groups is 2. The molecular formula is C68H90N4O10. The fraction of sp³-hybridized carbons (Fsp3) is 0.529. The first-order valence-corrected chi connectivity index (χ1v) is 29.0. The van der Waals surface area contributed by atoms with Gasteiger partial charge in [-0.3, -0.25) is 24.0 Å². The van der Waals surface area contributed by atoms with E-state index in [1.807, 2.05) is 101 Å². The van der Waals surface area contributed by atoms with Gasteiger partial charge < -0.3 is 39.9 Å². The molecule has 82 heavy (non-hydrogen) atoms. The van der Waals surface area contributed by atoms with Crippen molar-refractivity contribution >= 4 is 52.2 Å². The summed E-state index contributed by atoms with van der Waals surface area (Å²) in [5.41, 5.74) is 4.20. The first-order chi connectivity index (χ1) is 37.5. The molecule has 2 heterocycles. The number of phenols is 2. The summed E-state index contributed by atoms with van der Waals surface area (Å²) >= 11 is 0. The molecule has 0 aromatic heterocycles. The van der Waals surface area contributed by atoms with Gasteiger partial charge >= 0.3 is 11.9 Å². The molecule has 0 radical (unpaired) electrons. The Balaban J connectivity index is 1.25. The van der Waals surface area contributed by atoms with Gasteiger partial charge in [-0.1, -0.05) is 111 Å². The summed E-state index contributed by atoms with van der Waals surface area (Å²) in [5, 5.41) is 37.9. The Hall–Kier alpha value is -6.96. The maximum atomic E-state index is 15.1. The van der Waals surface area contributed by atoms with E-state index >= 15 is 4.79 Å². The second-order valence-electron chi connectivity index (χ2n) is 28.8. The topological polar surface area (TPSA) is 195 Å². The molecule has 14 heteroatoms. The number of Topliss-reactive ketones (excluding diaryl/α,β-unsaturated/α-hetero) is 1. The van der Waals surface area contributed by atoms with Crippen LogP contribution in [0.1, 0.15) is 211 Å². The first kappa shape index (κ1) is 62.6. The number of nitrogens with one attached hydrogen (secondary N) is 1. The number of likely N-dealkylation sites (tertiary alicyclic amines) is 1. The van der Waals surface area contributed by atoms with Crippen LogP contribution in [-0.2, 0) is 51.0 Å². The van der Waals surface area contributed by atoms with Crippen molar-refractivity contribution in [1.82, 2.24) is 4.90 Å². The minimum Gasteiger partial charge on any atom is -0.507 e. The van der Waals surface area contributed by atoms with Crippen molar-refractivity contribution in [3.8, 4) is 23.0 Å². The Bertz CT molecular complexity index is 3260. The SMILES string of the molecule is CC(C)N1C2=CC(=NC(=O)CCC(=O)Oc3cc(C(C)(C)C)c(O)c(C(C)(C)C)c3)/C(=C3/C(=O)C(c4cc5c(cc4NC(=O)CCC(=O)Oc4cc(C(C)(C)C)c(O)c(C(C)(C)C)c4)N(C(C)C)C(C)C5(C)C)=C3O)C=C2C(C)(C)C1C. The van der Waals surface area contributed by atoms with E-state index in [1.54, 1.807) is 30.3 Å². The highest BCUT2D eigenvalue weighted by Gasteiger charge is 2.50. The second kappa shape index (κ2) is 21.7. The molecule has 2 aliphatic heterocycles. The predicted octanol–water partition coefficient (Wildman–Crippen LogP) is 14.0. The van der Waals surface area contributed by atoms with E-state index in [0.29, 0.717) is 27.8 Å². The monoisotopic (exact) mass is 1120 g/mol. The van der Waals surface area contributed by atoms with E-state index in [0.717, 1.165) is 22.5 Å². The number of benzene rings is 3. The molecule has 0 bridgehead atoms. The van der Waals surface area contributed by atoms with Crippen molar-refractivity contribution in [3.05, 3.63) is 110 Å². The number of carbonyl (C=O) groups is 5. The van der Waals surface area contributed by atoms with Crippen molar-refractivity contribution in [2.24, 2.45) is 10.4 Å². The lowest BCUT2D eigenvalue weighted by molar-refractivity contribution is -0.136. The molecule has 14 nitrogen and oxygen atoms in total. The lowest BCUT2D eigenvalue weighted by Crippen LogP contribution is -2.42. The molecule has 2 unspecified atom stereocenters. The number of allylic oxidation sites excluding steroid dienone is 6. The van der Waals surface area contributed by atoms with Gasteiger partial charge in [0.15, 0.2) is 0 Å². The van der Waals surface area contributed by atoms with Gasteiger partial charge in [0.1, 0.15) is 28.8 Å². The van der Waals surface area contributed by atoms with Gasteiger partial charge in [-0.2, -0.15) is 0 Å². The molecule has 2 amide bonds. The second-order valence-corrected chi connectivity index (χ2v) is 28.8. The third-order valence-corrected chi connectivity index (χ3v) is 17.2. The average Bonchev–Trinajstić information content (AvgIpc) is 2.32. The van der Waals surface area contributed by atoms with E-state index in [9.17, 15) is 34.5 Å². The minimum absolute atomic E-state index is 0.00131. The number of fused-ring (bicyclic) bond motifs is 2. The molecular weight excluding hydrogens is 1030 g/mol. The zero-order chi connectivity index (χ0) is 61.6. The summed E-state index contributed by atoms with van der Waals surface area (Å²) in [7, 11) is 0. The molecule has 7 rings (SSSR count). The van der Waals surface area contributed by atoms with Crippen LogP contribution in [0.2, 0.25) is 0 Å². The van der Waals surface area contributed by atoms with Gasteiger partial charge in [-0.15, -0.1) is 0 Å². The molecule has 2 aliphatic carbocycles. The molecule has 0 saturated carbocycles. The number of nitrogens with zero attached hydrogens (tertiary/aromatic N) is 3. The molecule has 4 aliphatic rings. The number of anilines is 2. The standard InChI is InChI=1S/C68H90N4O10/c1-35(2)71-37(5)67(19,20)43-31-41(49(33-51(43)71)69-53(73)23-25-55(75)81-39-27-45(63(7,8)9)59(77)46(28-39)64(10,11)12)57-61(79)58(62(57)80)42-32-44-52(72(36(3)4)38(6)68(44,21)22)34-50(42)70-54(74)24-26-56(76)82-40-29-47(65(13,14)15)60(78)48(30-40)66(16,17)18/h27-38,77-79H,23-26H2,1-22H3,(H,69,73)/b58-42+,70-50?. The molecule has 1 saturated heterocycles. The van der Waals surface area contributed by atoms with Crippen LogP contribution < -0.4 is 19.7 Å². The lowest BCUT2D eigenvalue weighted by Gasteiger charge is -2.34. The van der Waals surface area contributed by atoms with E-state index in [1.165, 1.54) is 0 Å². The highest BCUT2D eigenvalue weighted by molar-refractivity contribution is 6.42. The van der Waals surface area contributed by atoms with Gasteiger partial charge in [0, 0.05) is 92.6 Å². The summed E-state index contributed by atoms with van der Waals surface area (Å²) < 4.78 is 11.7. The number of phenolic OH excluding ortho intramolecular Hbond substituents is 2. The van der Waals surface area contributed by atoms with Gasteiger partial charge in [0.2, 0.25) is 17.6 Å². The van der Waals surface area contributed by atoms with E-state index in [-0.39, 0.29) is 107 Å². The average molecular weight is 1120 g/mol. The number of aliphatic imine (C=N–C) groups is 1. The van der Waals surface area contributed by atoms with Crippen LogP contribution in [0.25, 0.3) is 5.57 Å². The molecule has 1 fully saturated rings. The highest BCUT2D eigenvalue weighted by Crippen LogP contribution is 2.54. The Morgan fingerprint density at radius 3 is 1.48 bits per heavy atom. The van der Waals surface area contributed by atoms with Crippen molar-refractivity contribution < 1.29 is 48.8 Å². The summed E-state index contributed by atoms with van der Waals surface area (Å²) in [6.45, 7) is 44.7. The fourth-order valence-corrected chi connectivity index (χ4v) is 12.0. The number of esters is 2. The number of aliphatic hydroxyl groups excluding tert-OH is 1. The van der Waals surface area contributed by atoms with Crippen LogP contribution in [0.3, 0.4) is 0 Å². The Kier molecular flexibility index (Phi) is 16.5. The summed E-state index contributed by atoms with van der Waals surface area (Å²) in [4.78, 5) is 79.5. The van der Waals surface area contributed by atoms with E-state index in [4.69, 9.17) is 9.47 Å². The molecule has 442 valence electrons. The van der Waals surface area contributed by atoms with Crippen molar-refractivity contribution in [1.29, 1.82) is 0 Å². The maximum Gasteiger partial charge on any atom is 0.311 e. The molecule has 3 aromatic rings. The number of carbonyl (C=O) groups excluding carboxylic acids is 5. The Labute approximate surface area is 486 Å². The normalized spacial score (nSPS) is 20.2. The smallest absolute Gasteiger partial charge is 0.311 e. The fourth-order valence-electron chi connectivity index (χ4n) is 12.0. The Morgan fingerprint density at radius 1 is 0.610 bits per heavy atom. The molecule has 4 N–H and O–H groups in total. The predicted molar refractivity (Wildman–Crippen MR) is 326 cm³/mol. The van der Waals surface area contributed by atoms with Crippen LogP contribution in [-0.4, -0.2) is 79.6 Å². The Morgan fingerprint density at radius 2 is 1.05 bits per heavy atom. The van der Waals surface area contributed by atoms with Crippen LogP contribution in [0.4, 0.5) is 11.4 Å². The van der Waals surface area contributed by atoms with Gasteiger partial charge in [-0.25, -0.2) is 4.99 Å². The maximum absolute atomic E-state index is 15.1. The molecule has 2 atom stereocenters. The third-order valence-electron chi connectivity index (χ3n) is 17.2. The van der Waals surface area contributed by atoms with Crippen molar-refractivity contribution in [2.45, 2.75) is 229 Å². The summed E-state index contributed by atoms with van der Waals surface area (Å²) in [5.74, 6) is -2.52. The zero-order valence-electron chi connectivity index (χ0n) is 52.8. The highest BCUT2D eigenvalue weighted by atomic mass is 16.5. The number of aliphatic hydroxyl groups is 1.